The van der Waals surface area contributed by atoms with Gasteiger partial charge in [0.05, 0.1) is 10.6 Å². The molecule has 0 bridgehead atoms. The average Bonchev–Trinajstić information content (AvgIpc) is 2.78. The van der Waals surface area contributed by atoms with E-state index in [1.54, 1.807) is 48.5 Å². The fourth-order valence-corrected chi connectivity index (χ4v) is 4.95. The summed E-state index contributed by atoms with van der Waals surface area (Å²) < 4.78 is 28.6. The Kier molecular flexibility index (Phi) is 6.06. The maximum absolute atomic E-state index is 13.3. The van der Waals surface area contributed by atoms with Crippen LogP contribution in [0.2, 0.25) is 0 Å². The van der Waals surface area contributed by atoms with Gasteiger partial charge in [0.25, 0.3) is 10.0 Å². The number of nitrogens with zero attached hydrogens (tertiary/aromatic N) is 1. The van der Waals surface area contributed by atoms with Crippen LogP contribution in [0.15, 0.2) is 106 Å². The minimum absolute atomic E-state index is 0.122. The zero-order valence-corrected chi connectivity index (χ0v) is 18.8. The predicted octanol–water partition coefficient (Wildman–Crippen LogP) is 5.44. The van der Waals surface area contributed by atoms with Crippen molar-refractivity contribution in [2.75, 3.05) is 16.2 Å². The summed E-state index contributed by atoms with van der Waals surface area (Å²) in [6.45, 7) is -0.355. The lowest BCUT2D eigenvalue weighted by molar-refractivity contribution is -0.114. The molecule has 1 amide bonds. The van der Waals surface area contributed by atoms with Crippen molar-refractivity contribution >= 4 is 54.0 Å². The maximum Gasteiger partial charge on any atom is 0.264 e. The lowest BCUT2D eigenvalue weighted by Crippen LogP contribution is -2.38. The number of halogens is 1. The van der Waals surface area contributed by atoms with Crippen LogP contribution in [0.1, 0.15) is 0 Å². The quantitative estimate of drug-likeness (QED) is 0.388. The van der Waals surface area contributed by atoms with Crippen molar-refractivity contribution in [2.24, 2.45) is 0 Å². The van der Waals surface area contributed by atoms with Gasteiger partial charge < -0.3 is 5.32 Å². The first-order valence-corrected chi connectivity index (χ1v) is 11.8. The van der Waals surface area contributed by atoms with E-state index in [2.05, 4.69) is 21.2 Å². The molecule has 1 N–H and O–H groups in total. The molecule has 0 aliphatic heterocycles. The van der Waals surface area contributed by atoms with E-state index in [-0.39, 0.29) is 11.4 Å². The van der Waals surface area contributed by atoms with Crippen LogP contribution in [-0.4, -0.2) is 20.9 Å². The molecule has 0 heterocycles. The van der Waals surface area contributed by atoms with Crippen LogP contribution in [0.25, 0.3) is 10.8 Å². The van der Waals surface area contributed by atoms with Gasteiger partial charge >= 0.3 is 0 Å². The SMILES string of the molecule is O=C(CN(c1ccc(Br)cc1)S(=O)(=O)c1ccccc1)Nc1ccc2ccccc2c1. The lowest BCUT2D eigenvalue weighted by Gasteiger charge is -2.24. The van der Waals surface area contributed by atoms with Gasteiger partial charge in [0, 0.05) is 10.2 Å². The smallest absolute Gasteiger partial charge is 0.264 e. The second-order valence-corrected chi connectivity index (χ2v) is 9.69. The minimum Gasteiger partial charge on any atom is -0.324 e. The number of carbonyl (C=O) groups excluding carboxylic acids is 1. The van der Waals surface area contributed by atoms with Gasteiger partial charge in [0.2, 0.25) is 5.91 Å². The molecule has 0 radical (unpaired) electrons. The number of anilines is 2. The third-order valence-electron chi connectivity index (χ3n) is 4.77. The van der Waals surface area contributed by atoms with E-state index >= 15 is 0 Å². The second kappa shape index (κ2) is 8.91. The Morgan fingerprint density at radius 2 is 1.45 bits per heavy atom. The lowest BCUT2D eigenvalue weighted by atomic mass is 10.1. The van der Waals surface area contributed by atoms with E-state index in [1.165, 1.54) is 12.1 Å². The van der Waals surface area contributed by atoms with Crippen molar-refractivity contribution in [3.05, 3.63) is 102 Å². The molecule has 0 spiro atoms. The third kappa shape index (κ3) is 4.78. The van der Waals surface area contributed by atoms with Crippen molar-refractivity contribution in [2.45, 2.75) is 4.90 Å². The second-order valence-electron chi connectivity index (χ2n) is 6.91. The number of rotatable bonds is 6. The number of benzene rings is 4. The molecule has 7 heteroatoms. The largest absolute Gasteiger partial charge is 0.324 e. The van der Waals surface area contributed by atoms with Gasteiger partial charge in [-0.05, 0) is 59.3 Å². The Balaban J connectivity index is 1.63. The van der Waals surface area contributed by atoms with Crippen molar-refractivity contribution in [1.29, 1.82) is 0 Å². The molecule has 0 aliphatic rings. The summed E-state index contributed by atoms with van der Waals surface area (Å²) in [5.74, 6) is -0.433. The molecule has 0 fully saturated rings. The van der Waals surface area contributed by atoms with E-state index < -0.39 is 15.9 Å². The van der Waals surface area contributed by atoms with Crippen LogP contribution in [0.3, 0.4) is 0 Å². The Morgan fingerprint density at radius 1 is 0.806 bits per heavy atom. The Bertz CT molecular complexity index is 1320. The van der Waals surface area contributed by atoms with Crippen LogP contribution in [-0.2, 0) is 14.8 Å². The van der Waals surface area contributed by atoms with E-state index in [9.17, 15) is 13.2 Å². The van der Waals surface area contributed by atoms with E-state index in [4.69, 9.17) is 0 Å². The molecule has 5 nitrogen and oxygen atoms in total. The van der Waals surface area contributed by atoms with Crippen molar-refractivity contribution in [1.82, 2.24) is 0 Å². The molecule has 4 aromatic carbocycles. The van der Waals surface area contributed by atoms with Gasteiger partial charge in [-0.1, -0.05) is 64.5 Å². The number of nitrogens with one attached hydrogen (secondary N) is 1. The minimum atomic E-state index is -3.93. The van der Waals surface area contributed by atoms with E-state index in [0.29, 0.717) is 11.4 Å². The summed E-state index contributed by atoms with van der Waals surface area (Å²) in [7, 11) is -3.93. The van der Waals surface area contributed by atoms with Crippen LogP contribution in [0.4, 0.5) is 11.4 Å². The molecule has 0 aliphatic carbocycles. The molecule has 31 heavy (non-hydrogen) atoms. The van der Waals surface area contributed by atoms with Crippen LogP contribution < -0.4 is 9.62 Å². The molecule has 0 aromatic heterocycles. The van der Waals surface area contributed by atoms with Crippen LogP contribution in [0.5, 0.6) is 0 Å². The monoisotopic (exact) mass is 494 g/mol. The molecule has 156 valence electrons. The molecule has 4 rings (SSSR count). The van der Waals surface area contributed by atoms with Gasteiger partial charge in [-0.2, -0.15) is 0 Å². The van der Waals surface area contributed by atoms with E-state index in [0.717, 1.165) is 19.6 Å². The van der Waals surface area contributed by atoms with Crippen molar-refractivity contribution < 1.29 is 13.2 Å². The van der Waals surface area contributed by atoms with Gasteiger partial charge in [0.15, 0.2) is 0 Å². The highest BCUT2D eigenvalue weighted by atomic mass is 79.9. The van der Waals surface area contributed by atoms with Crippen LogP contribution >= 0.6 is 15.9 Å². The third-order valence-corrected chi connectivity index (χ3v) is 7.08. The molecular weight excluding hydrogens is 476 g/mol. The zero-order chi connectivity index (χ0) is 21.8. The predicted molar refractivity (Wildman–Crippen MR) is 128 cm³/mol. The van der Waals surface area contributed by atoms with Crippen molar-refractivity contribution in [3.8, 4) is 0 Å². The highest BCUT2D eigenvalue weighted by Gasteiger charge is 2.27. The maximum atomic E-state index is 13.3. The number of carbonyl (C=O) groups is 1. The first-order chi connectivity index (χ1) is 14.9. The van der Waals surface area contributed by atoms with Crippen LogP contribution in [0, 0.1) is 0 Å². The standard InChI is InChI=1S/C24H19BrN2O3S/c25-20-11-14-22(15-12-20)27(31(29,30)23-8-2-1-3-9-23)17-24(28)26-21-13-10-18-6-4-5-7-19(18)16-21/h1-16H,17H2,(H,26,28). The molecule has 0 saturated heterocycles. The summed E-state index contributed by atoms with van der Waals surface area (Å²) in [6.07, 6.45) is 0. The summed E-state index contributed by atoms with van der Waals surface area (Å²) in [6, 6.07) is 28.3. The zero-order valence-electron chi connectivity index (χ0n) is 16.4. The number of sulfonamides is 1. The first kappa shape index (κ1) is 21.1. The normalized spacial score (nSPS) is 11.3. The average molecular weight is 495 g/mol. The molecule has 0 unspecified atom stereocenters. The summed E-state index contributed by atoms with van der Waals surface area (Å²) in [4.78, 5) is 13.0. The number of fused-ring (bicyclic) bond motifs is 1. The van der Waals surface area contributed by atoms with Gasteiger partial charge in [0.1, 0.15) is 6.54 Å². The first-order valence-electron chi connectivity index (χ1n) is 9.55. The Hall–Kier alpha value is -3.16. The molecule has 4 aromatic rings. The molecule has 0 saturated carbocycles. The van der Waals surface area contributed by atoms with Crippen molar-refractivity contribution in [3.63, 3.8) is 0 Å². The van der Waals surface area contributed by atoms with Gasteiger partial charge in [-0.15, -0.1) is 0 Å². The highest BCUT2D eigenvalue weighted by Crippen LogP contribution is 2.26. The van der Waals surface area contributed by atoms with Gasteiger partial charge in [-0.25, -0.2) is 8.42 Å². The Labute approximate surface area is 189 Å². The summed E-state index contributed by atoms with van der Waals surface area (Å²) in [5, 5.41) is 4.86. The Morgan fingerprint density at radius 3 is 2.16 bits per heavy atom. The highest BCUT2D eigenvalue weighted by molar-refractivity contribution is 9.10. The number of hydrogen-bond acceptors (Lipinski definition) is 3. The summed E-state index contributed by atoms with van der Waals surface area (Å²) >= 11 is 3.36. The van der Waals surface area contributed by atoms with Gasteiger partial charge in [-0.3, -0.25) is 9.10 Å². The fourth-order valence-electron chi connectivity index (χ4n) is 3.24. The number of amides is 1. The topological polar surface area (TPSA) is 66.5 Å². The number of hydrogen-bond donors (Lipinski definition) is 1. The summed E-state index contributed by atoms with van der Waals surface area (Å²) in [5.41, 5.74) is 1.01. The fraction of sp³-hybridized carbons (Fsp3) is 0.0417. The molecular formula is C24H19BrN2O3S. The molecule has 0 atom stereocenters. The van der Waals surface area contributed by atoms with E-state index in [1.807, 2.05) is 36.4 Å².